The van der Waals surface area contributed by atoms with Crippen molar-refractivity contribution in [3.8, 4) is 11.6 Å². The van der Waals surface area contributed by atoms with E-state index in [1.807, 2.05) is 0 Å². The van der Waals surface area contributed by atoms with Gasteiger partial charge in [0.25, 0.3) is 0 Å². The fourth-order valence-corrected chi connectivity index (χ4v) is 2.05. The van der Waals surface area contributed by atoms with Crippen LogP contribution in [-0.4, -0.2) is 11.0 Å². The smallest absolute Gasteiger partial charge is 0.223 e. The fraction of sp³-hybridized carbons (Fsp3) is 0.267. The van der Waals surface area contributed by atoms with Gasteiger partial charge in [0.1, 0.15) is 17.4 Å². The molecule has 0 radical (unpaired) electrons. The molecule has 1 fully saturated rings. The minimum atomic E-state index is -0.522. The summed E-state index contributed by atoms with van der Waals surface area (Å²) in [5.41, 5.74) is 0.613. The molecule has 0 atom stereocenters. The summed E-state index contributed by atoms with van der Waals surface area (Å²) in [5, 5.41) is 3.24. The van der Waals surface area contributed by atoms with Crippen molar-refractivity contribution in [2.75, 3.05) is 0 Å². The van der Waals surface area contributed by atoms with Crippen molar-refractivity contribution in [2.24, 2.45) is 0 Å². The van der Waals surface area contributed by atoms with Gasteiger partial charge in [-0.15, -0.1) is 0 Å². The third kappa shape index (κ3) is 3.68. The van der Waals surface area contributed by atoms with Crippen LogP contribution in [0, 0.1) is 11.6 Å². The van der Waals surface area contributed by atoms with Gasteiger partial charge in [0, 0.05) is 24.2 Å². The Balaban J connectivity index is 1.80. The highest BCUT2D eigenvalue weighted by Gasteiger charge is 2.21. The predicted molar refractivity (Wildman–Crippen MR) is 75.5 cm³/mol. The van der Waals surface area contributed by atoms with E-state index in [2.05, 4.69) is 10.3 Å². The monoisotopic (exact) mass is 310 g/mol. The van der Waals surface area contributed by atoms with Crippen molar-refractivity contribution >= 4 is 11.6 Å². The number of hydrogen-bond donors (Lipinski definition) is 1. The number of halogens is 3. The van der Waals surface area contributed by atoms with E-state index >= 15 is 0 Å². The summed E-state index contributed by atoms with van der Waals surface area (Å²) >= 11 is 5.71. The molecular weight excluding hydrogens is 298 g/mol. The Hall–Kier alpha value is -1.72. The zero-order valence-corrected chi connectivity index (χ0v) is 11.8. The van der Waals surface area contributed by atoms with Gasteiger partial charge in [-0.3, -0.25) is 0 Å². The van der Waals surface area contributed by atoms with E-state index in [1.54, 1.807) is 0 Å². The second kappa shape index (κ2) is 5.95. The molecule has 2 aromatic rings. The highest BCUT2D eigenvalue weighted by molar-refractivity contribution is 6.30. The quantitative estimate of drug-likeness (QED) is 0.904. The zero-order valence-electron chi connectivity index (χ0n) is 11.1. The molecule has 0 amide bonds. The number of pyridine rings is 1. The minimum absolute atomic E-state index is 0.0349. The van der Waals surface area contributed by atoms with Gasteiger partial charge in [-0.05, 0) is 31.0 Å². The highest BCUT2D eigenvalue weighted by atomic mass is 35.5. The Morgan fingerprint density at radius 1 is 1.29 bits per heavy atom. The van der Waals surface area contributed by atoms with Gasteiger partial charge in [-0.25, -0.2) is 13.8 Å². The Morgan fingerprint density at radius 3 is 2.81 bits per heavy atom. The van der Waals surface area contributed by atoms with E-state index in [4.69, 9.17) is 16.3 Å². The molecule has 21 heavy (non-hydrogen) atoms. The van der Waals surface area contributed by atoms with Gasteiger partial charge >= 0.3 is 0 Å². The maximum Gasteiger partial charge on any atom is 0.223 e. The molecule has 3 rings (SSSR count). The first-order chi connectivity index (χ1) is 10.1. The molecule has 1 N–H and O–H groups in total. The van der Waals surface area contributed by atoms with Crippen molar-refractivity contribution in [2.45, 2.75) is 25.4 Å². The van der Waals surface area contributed by atoms with Crippen LogP contribution in [0.3, 0.4) is 0 Å². The summed E-state index contributed by atoms with van der Waals surface area (Å²) in [5.74, 6) is -0.306. The Morgan fingerprint density at radius 2 is 2.10 bits per heavy atom. The maximum absolute atomic E-state index is 13.3. The maximum atomic E-state index is 13.3. The van der Waals surface area contributed by atoms with Gasteiger partial charge in [-0.2, -0.15) is 0 Å². The summed E-state index contributed by atoms with van der Waals surface area (Å²) in [6.45, 7) is 0.472. The van der Waals surface area contributed by atoms with Crippen molar-refractivity contribution in [3.63, 3.8) is 0 Å². The largest absolute Gasteiger partial charge is 0.439 e. The molecule has 0 spiro atoms. The Labute approximate surface area is 125 Å². The van der Waals surface area contributed by atoms with E-state index in [0.29, 0.717) is 23.9 Å². The summed E-state index contributed by atoms with van der Waals surface area (Å²) in [7, 11) is 0. The Kier molecular flexibility index (Phi) is 4.03. The fourth-order valence-electron chi connectivity index (χ4n) is 1.88. The lowest BCUT2D eigenvalue weighted by molar-refractivity contribution is 0.447. The summed E-state index contributed by atoms with van der Waals surface area (Å²) in [4.78, 5) is 3.95. The second-order valence-corrected chi connectivity index (χ2v) is 5.36. The lowest BCUT2D eigenvalue weighted by Gasteiger charge is -2.11. The number of ether oxygens (including phenoxy) is 1. The van der Waals surface area contributed by atoms with Crippen LogP contribution in [0.4, 0.5) is 8.78 Å². The topological polar surface area (TPSA) is 34.1 Å². The van der Waals surface area contributed by atoms with Crippen LogP contribution in [0.15, 0.2) is 30.5 Å². The summed E-state index contributed by atoms with van der Waals surface area (Å²) in [6, 6.07) is 5.89. The first-order valence-electron chi connectivity index (χ1n) is 6.62. The van der Waals surface area contributed by atoms with Crippen LogP contribution in [0.2, 0.25) is 5.02 Å². The normalized spacial score (nSPS) is 14.2. The number of nitrogens with one attached hydrogen (secondary N) is 1. The van der Waals surface area contributed by atoms with Crippen LogP contribution < -0.4 is 10.1 Å². The number of aromatic nitrogens is 1. The van der Waals surface area contributed by atoms with Crippen molar-refractivity contribution < 1.29 is 13.5 Å². The van der Waals surface area contributed by atoms with E-state index in [0.717, 1.165) is 19.0 Å². The molecule has 3 nitrogen and oxygen atoms in total. The van der Waals surface area contributed by atoms with E-state index in [1.165, 1.54) is 24.3 Å². The van der Waals surface area contributed by atoms with Gasteiger partial charge in [-0.1, -0.05) is 11.6 Å². The lowest BCUT2D eigenvalue weighted by Crippen LogP contribution is -2.16. The van der Waals surface area contributed by atoms with Crippen molar-refractivity contribution in [1.82, 2.24) is 10.3 Å². The average molecular weight is 311 g/mol. The van der Waals surface area contributed by atoms with Crippen LogP contribution in [0.5, 0.6) is 11.6 Å². The van der Waals surface area contributed by atoms with Gasteiger partial charge in [0.15, 0.2) is 0 Å². The van der Waals surface area contributed by atoms with Crippen LogP contribution >= 0.6 is 11.6 Å². The Bertz CT molecular complexity index is 662. The SMILES string of the molecule is Fc1cnc(Oc2ccc(F)c(Cl)c2)c(CNC2CC2)c1. The first kappa shape index (κ1) is 14.2. The zero-order chi connectivity index (χ0) is 14.8. The molecule has 0 saturated heterocycles. The van der Waals surface area contributed by atoms with Gasteiger partial charge in [0.2, 0.25) is 5.88 Å². The number of rotatable bonds is 5. The summed E-state index contributed by atoms with van der Waals surface area (Å²) < 4.78 is 32.0. The molecule has 110 valence electrons. The second-order valence-electron chi connectivity index (χ2n) is 4.95. The molecule has 6 heteroatoms. The molecule has 1 aliphatic carbocycles. The summed E-state index contributed by atoms with van der Waals surface area (Å²) in [6.07, 6.45) is 3.35. The number of nitrogens with zero attached hydrogens (tertiary/aromatic N) is 1. The highest BCUT2D eigenvalue weighted by Crippen LogP contribution is 2.28. The molecule has 0 unspecified atom stereocenters. The van der Waals surface area contributed by atoms with Gasteiger partial charge < -0.3 is 10.1 Å². The van der Waals surface area contributed by atoms with E-state index in [-0.39, 0.29) is 10.9 Å². The van der Waals surface area contributed by atoms with Crippen LogP contribution in [0.25, 0.3) is 0 Å². The third-order valence-corrected chi connectivity index (χ3v) is 3.45. The van der Waals surface area contributed by atoms with Crippen LogP contribution in [0.1, 0.15) is 18.4 Å². The average Bonchev–Trinajstić information content (AvgIpc) is 3.27. The molecule has 1 aliphatic rings. The molecular formula is C15H13ClF2N2O. The first-order valence-corrected chi connectivity index (χ1v) is 7.00. The van der Waals surface area contributed by atoms with E-state index < -0.39 is 11.6 Å². The van der Waals surface area contributed by atoms with Crippen molar-refractivity contribution in [3.05, 3.63) is 52.7 Å². The molecule has 1 saturated carbocycles. The van der Waals surface area contributed by atoms with E-state index in [9.17, 15) is 8.78 Å². The minimum Gasteiger partial charge on any atom is -0.439 e. The number of hydrogen-bond acceptors (Lipinski definition) is 3. The molecule has 0 bridgehead atoms. The molecule has 1 aromatic heterocycles. The molecule has 1 heterocycles. The van der Waals surface area contributed by atoms with Gasteiger partial charge in [0.05, 0.1) is 11.2 Å². The lowest BCUT2D eigenvalue weighted by atomic mass is 10.2. The third-order valence-electron chi connectivity index (χ3n) is 3.16. The molecule has 1 aromatic carbocycles. The van der Waals surface area contributed by atoms with Crippen LogP contribution in [-0.2, 0) is 6.54 Å². The molecule has 0 aliphatic heterocycles. The standard InChI is InChI=1S/C15H13ClF2N2O/c16-13-6-12(3-4-14(13)18)21-15-9(5-10(17)8-20-15)7-19-11-1-2-11/h3-6,8,11,19H,1-2,7H2. The van der Waals surface area contributed by atoms with Crippen molar-refractivity contribution in [1.29, 1.82) is 0 Å². The number of benzene rings is 1. The predicted octanol–water partition coefficient (Wildman–Crippen LogP) is 4.06.